The molecule has 0 amide bonds. The van der Waals surface area contributed by atoms with E-state index in [1.807, 2.05) is 6.07 Å². The van der Waals surface area contributed by atoms with E-state index in [1.165, 1.54) is 30.2 Å². The number of rotatable bonds is 6. The summed E-state index contributed by atoms with van der Waals surface area (Å²) >= 11 is 0. The molecule has 20 heavy (non-hydrogen) atoms. The fourth-order valence-corrected chi connectivity index (χ4v) is 2.91. The van der Waals surface area contributed by atoms with Gasteiger partial charge in [0.15, 0.2) is 0 Å². The molecular weight excluding hydrogens is 248 g/mol. The van der Waals surface area contributed by atoms with E-state index in [9.17, 15) is 0 Å². The van der Waals surface area contributed by atoms with Gasteiger partial charge in [0, 0.05) is 23.5 Å². The minimum absolute atomic E-state index is 0.760. The largest absolute Gasteiger partial charge is 0.459 e. The maximum Gasteiger partial charge on any atom is 0.134 e. The van der Waals surface area contributed by atoms with E-state index in [1.54, 1.807) is 0 Å². The molecule has 1 saturated carbocycles. The Morgan fingerprint density at radius 1 is 1.30 bits per heavy atom. The molecule has 0 aliphatic heterocycles. The Morgan fingerprint density at radius 3 is 2.80 bits per heavy atom. The molecule has 1 heterocycles. The third kappa shape index (κ3) is 2.60. The second-order valence-corrected chi connectivity index (χ2v) is 5.78. The Kier molecular flexibility index (Phi) is 4.08. The van der Waals surface area contributed by atoms with Crippen LogP contribution in [0.5, 0.6) is 0 Å². The predicted octanol–water partition coefficient (Wildman–Crippen LogP) is 3.53. The molecule has 0 saturated heterocycles. The predicted molar refractivity (Wildman–Crippen MR) is 82.7 cm³/mol. The molecule has 0 atom stereocenters. The smallest absolute Gasteiger partial charge is 0.134 e. The lowest BCUT2D eigenvalue weighted by atomic mass is 9.91. The van der Waals surface area contributed by atoms with Gasteiger partial charge < -0.3 is 9.73 Å². The minimum Gasteiger partial charge on any atom is -0.459 e. The van der Waals surface area contributed by atoms with Crippen LogP contribution in [-0.4, -0.2) is 24.5 Å². The molecule has 0 bridgehead atoms. The molecule has 1 aromatic heterocycles. The molecule has 108 valence electrons. The van der Waals surface area contributed by atoms with Gasteiger partial charge in [0.2, 0.25) is 0 Å². The first-order chi connectivity index (χ1) is 9.79. The van der Waals surface area contributed by atoms with Crippen molar-refractivity contribution >= 4 is 11.0 Å². The molecular formula is C17H24N2O. The van der Waals surface area contributed by atoms with Gasteiger partial charge in [-0.2, -0.15) is 0 Å². The van der Waals surface area contributed by atoms with Crippen LogP contribution in [0.3, 0.4) is 0 Å². The second kappa shape index (κ2) is 5.98. The van der Waals surface area contributed by atoms with Gasteiger partial charge >= 0.3 is 0 Å². The molecule has 0 spiro atoms. The summed E-state index contributed by atoms with van der Waals surface area (Å²) in [6.07, 6.45) is 4.06. The normalized spacial score (nSPS) is 15.9. The molecule has 0 unspecified atom stereocenters. The summed E-state index contributed by atoms with van der Waals surface area (Å²) < 4.78 is 6.04. The van der Waals surface area contributed by atoms with E-state index in [0.29, 0.717) is 0 Å². The summed E-state index contributed by atoms with van der Waals surface area (Å²) in [5.41, 5.74) is 2.37. The molecule has 3 heteroatoms. The van der Waals surface area contributed by atoms with Crippen molar-refractivity contribution in [2.75, 3.05) is 13.6 Å². The van der Waals surface area contributed by atoms with Crippen molar-refractivity contribution in [3.05, 3.63) is 35.6 Å². The fourth-order valence-electron chi connectivity index (χ4n) is 2.91. The zero-order valence-electron chi connectivity index (χ0n) is 12.5. The van der Waals surface area contributed by atoms with Crippen molar-refractivity contribution in [3.63, 3.8) is 0 Å². The second-order valence-electron chi connectivity index (χ2n) is 5.78. The van der Waals surface area contributed by atoms with E-state index in [0.717, 1.165) is 37.0 Å². The van der Waals surface area contributed by atoms with Crippen molar-refractivity contribution in [3.8, 4) is 0 Å². The molecule has 1 fully saturated rings. The highest BCUT2D eigenvalue weighted by molar-refractivity contribution is 5.82. The Balaban J connectivity index is 1.88. The zero-order valence-corrected chi connectivity index (χ0v) is 12.5. The average Bonchev–Trinajstić information content (AvgIpc) is 2.73. The lowest BCUT2D eigenvalue weighted by molar-refractivity contribution is 0.152. The maximum absolute atomic E-state index is 6.04. The van der Waals surface area contributed by atoms with Crippen molar-refractivity contribution < 1.29 is 4.42 Å². The number of furan rings is 1. The van der Waals surface area contributed by atoms with Gasteiger partial charge in [-0.05, 0) is 32.5 Å². The lowest BCUT2D eigenvalue weighted by Crippen LogP contribution is -2.36. The topological polar surface area (TPSA) is 28.4 Å². The number of para-hydroxylation sites is 1. The number of benzene rings is 1. The van der Waals surface area contributed by atoms with Crippen LogP contribution in [0.2, 0.25) is 0 Å². The summed E-state index contributed by atoms with van der Waals surface area (Å²) in [7, 11) is 2.24. The fraction of sp³-hybridized carbons (Fsp3) is 0.529. The van der Waals surface area contributed by atoms with Gasteiger partial charge in [0.05, 0.1) is 6.54 Å². The van der Waals surface area contributed by atoms with Gasteiger partial charge in [0.1, 0.15) is 11.3 Å². The molecule has 1 aliphatic rings. The van der Waals surface area contributed by atoms with Crippen LogP contribution in [0.1, 0.15) is 37.5 Å². The molecule has 0 radical (unpaired) electrons. The van der Waals surface area contributed by atoms with E-state index in [-0.39, 0.29) is 0 Å². The number of hydrogen-bond acceptors (Lipinski definition) is 3. The Labute approximate surface area is 120 Å². The van der Waals surface area contributed by atoms with Crippen LogP contribution >= 0.6 is 0 Å². The first-order valence-corrected chi connectivity index (χ1v) is 7.70. The summed E-state index contributed by atoms with van der Waals surface area (Å²) in [6.45, 7) is 4.90. The summed E-state index contributed by atoms with van der Waals surface area (Å²) in [4.78, 5) is 2.48. The number of nitrogens with zero attached hydrogens (tertiary/aromatic N) is 1. The number of nitrogens with one attached hydrogen (secondary N) is 1. The summed E-state index contributed by atoms with van der Waals surface area (Å²) in [5.74, 6) is 1.10. The molecule has 2 aromatic rings. The van der Waals surface area contributed by atoms with Crippen molar-refractivity contribution in [1.29, 1.82) is 0 Å². The van der Waals surface area contributed by atoms with E-state index in [4.69, 9.17) is 4.42 Å². The summed E-state index contributed by atoms with van der Waals surface area (Å²) in [6, 6.07) is 9.15. The SMILES string of the molecule is CCNCc1oc2ccccc2c1CN(C)C1CCC1. The Bertz CT molecular complexity index is 571. The van der Waals surface area contributed by atoms with Crippen LogP contribution in [0.4, 0.5) is 0 Å². The van der Waals surface area contributed by atoms with Crippen molar-refractivity contribution in [1.82, 2.24) is 10.2 Å². The Hall–Kier alpha value is -1.32. The van der Waals surface area contributed by atoms with Crippen LogP contribution in [0, 0.1) is 0 Å². The van der Waals surface area contributed by atoms with E-state index < -0.39 is 0 Å². The summed E-state index contributed by atoms with van der Waals surface area (Å²) in [5, 5.41) is 4.65. The zero-order chi connectivity index (χ0) is 13.9. The van der Waals surface area contributed by atoms with Crippen molar-refractivity contribution in [2.24, 2.45) is 0 Å². The molecule has 1 aliphatic carbocycles. The molecule has 3 rings (SSSR count). The van der Waals surface area contributed by atoms with Gasteiger partial charge in [-0.1, -0.05) is 31.5 Å². The van der Waals surface area contributed by atoms with Crippen molar-refractivity contribution in [2.45, 2.75) is 45.3 Å². The third-order valence-corrected chi connectivity index (χ3v) is 4.42. The monoisotopic (exact) mass is 272 g/mol. The minimum atomic E-state index is 0.760. The van der Waals surface area contributed by atoms with Crippen LogP contribution in [0.25, 0.3) is 11.0 Å². The van der Waals surface area contributed by atoms with Crippen LogP contribution in [-0.2, 0) is 13.1 Å². The molecule has 1 N–H and O–H groups in total. The first-order valence-electron chi connectivity index (χ1n) is 7.70. The highest BCUT2D eigenvalue weighted by atomic mass is 16.3. The third-order valence-electron chi connectivity index (χ3n) is 4.42. The quantitative estimate of drug-likeness (QED) is 0.872. The van der Waals surface area contributed by atoms with Gasteiger partial charge in [-0.3, -0.25) is 4.90 Å². The molecule has 3 nitrogen and oxygen atoms in total. The maximum atomic E-state index is 6.04. The standard InChI is InChI=1S/C17H24N2O/c1-3-18-11-17-15(12-19(2)13-7-6-8-13)14-9-4-5-10-16(14)20-17/h4-5,9-10,13,18H,3,6-8,11-12H2,1-2H3. The highest BCUT2D eigenvalue weighted by Crippen LogP contribution is 2.30. The highest BCUT2D eigenvalue weighted by Gasteiger charge is 2.24. The number of fused-ring (bicyclic) bond motifs is 1. The van der Waals surface area contributed by atoms with Gasteiger partial charge in [-0.15, -0.1) is 0 Å². The van der Waals surface area contributed by atoms with Gasteiger partial charge in [-0.25, -0.2) is 0 Å². The van der Waals surface area contributed by atoms with E-state index in [2.05, 4.69) is 42.4 Å². The molecule has 1 aromatic carbocycles. The van der Waals surface area contributed by atoms with Crippen LogP contribution < -0.4 is 5.32 Å². The Morgan fingerprint density at radius 2 is 2.10 bits per heavy atom. The first kappa shape index (κ1) is 13.7. The van der Waals surface area contributed by atoms with Crippen LogP contribution in [0.15, 0.2) is 28.7 Å². The lowest BCUT2D eigenvalue weighted by Gasteiger charge is -2.34. The average molecular weight is 272 g/mol. The van der Waals surface area contributed by atoms with E-state index >= 15 is 0 Å². The number of hydrogen-bond donors (Lipinski definition) is 1. The van der Waals surface area contributed by atoms with Gasteiger partial charge in [0.25, 0.3) is 0 Å².